The van der Waals surface area contributed by atoms with E-state index in [4.69, 9.17) is 10.5 Å². The maximum absolute atomic E-state index is 9.53. The average molecular weight is 295 g/mol. The number of aromatic nitrogens is 3. The van der Waals surface area contributed by atoms with Gasteiger partial charge in [0.2, 0.25) is 11.8 Å². The van der Waals surface area contributed by atoms with Gasteiger partial charge in [0.15, 0.2) is 0 Å². The maximum atomic E-state index is 9.53. The lowest BCUT2D eigenvalue weighted by atomic mass is 9.84. The van der Waals surface area contributed by atoms with Crippen molar-refractivity contribution in [3.05, 3.63) is 52.8 Å². The van der Waals surface area contributed by atoms with Gasteiger partial charge in [-0.3, -0.25) is 4.98 Å². The van der Waals surface area contributed by atoms with Crippen molar-refractivity contribution < 1.29 is 4.74 Å². The molecule has 6 heteroatoms. The molecule has 3 heterocycles. The Kier molecular flexibility index (Phi) is 3.55. The zero-order chi connectivity index (χ0) is 15.7. The van der Waals surface area contributed by atoms with Gasteiger partial charge in [0.25, 0.3) is 0 Å². The Bertz CT molecular complexity index is 770. The van der Waals surface area contributed by atoms with Gasteiger partial charge in [-0.05, 0) is 18.1 Å². The number of rotatable bonds is 3. The molecule has 0 bridgehead atoms. The molecular weight excluding hydrogens is 278 g/mol. The highest BCUT2D eigenvalue weighted by Crippen LogP contribution is 2.43. The lowest BCUT2D eigenvalue weighted by Gasteiger charge is -2.24. The maximum Gasteiger partial charge on any atom is 0.224 e. The topological polar surface area (TPSA) is 89.8 Å². The SMILES string of the molecule is CCCc1nn(C)c2c1[C@H](c1cccnc1)C(C#N)=C(N)O2. The summed E-state index contributed by atoms with van der Waals surface area (Å²) in [5.41, 5.74) is 9.14. The molecule has 0 aliphatic carbocycles. The van der Waals surface area contributed by atoms with Crippen molar-refractivity contribution in [3.8, 4) is 11.9 Å². The van der Waals surface area contributed by atoms with E-state index in [2.05, 4.69) is 23.1 Å². The molecular formula is C16H17N5O. The van der Waals surface area contributed by atoms with Crippen LogP contribution in [0, 0.1) is 11.3 Å². The van der Waals surface area contributed by atoms with E-state index < -0.39 is 0 Å². The molecule has 0 spiro atoms. The zero-order valence-corrected chi connectivity index (χ0v) is 12.6. The Morgan fingerprint density at radius 3 is 2.95 bits per heavy atom. The number of pyridine rings is 1. The first-order chi connectivity index (χ1) is 10.7. The minimum atomic E-state index is -0.280. The number of fused-ring (bicyclic) bond motifs is 1. The second-order valence-corrected chi connectivity index (χ2v) is 5.25. The molecule has 2 aromatic rings. The van der Waals surface area contributed by atoms with Gasteiger partial charge < -0.3 is 10.5 Å². The lowest BCUT2D eigenvalue weighted by molar-refractivity contribution is 0.358. The van der Waals surface area contributed by atoms with Gasteiger partial charge in [0, 0.05) is 19.4 Å². The largest absolute Gasteiger partial charge is 0.422 e. The van der Waals surface area contributed by atoms with Crippen LogP contribution >= 0.6 is 0 Å². The van der Waals surface area contributed by atoms with Crippen LogP contribution in [0.4, 0.5) is 0 Å². The van der Waals surface area contributed by atoms with Crippen LogP contribution in [0.15, 0.2) is 36.0 Å². The molecule has 22 heavy (non-hydrogen) atoms. The fraction of sp³-hybridized carbons (Fsp3) is 0.312. The van der Waals surface area contributed by atoms with Crippen LogP contribution in [0.2, 0.25) is 0 Å². The summed E-state index contributed by atoms with van der Waals surface area (Å²) >= 11 is 0. The summed E-state index contributed by atoms with van der Waals surface area (Å²) < 4.78 is 7.35. The predicted octanol–water partition coefficient (Wildman–Crippen LogP) is 1.99. The predicted molar refractivity (Wildman–Crippen MR) is 80.7 cm³/mol. The highest BCUT2D eigenvalue weighted by molar-refractivity contribution is 5.55. The molecule has 112 valence electrons. The number of nitrogens with zero attached hydrogens (tertiary/aromatic N) is 4. The van der Waals surface area contributed by atoms with Gasteiger partial charge in [-0.15, -0.1) is 0 Å². The van der Waals surface area contributed by atoms with Gasteiger partial charge in [-0.25, -0.2) is 4.68 Å². The van der Waals surface area contributed by atoms with Crippen molar-refractivity contribution in [1.29, 1.82) is 5.26 Å². The third kappa shape index (κ3) is 2.11. The van der Waals surface area contributed by atoms with E-state index in [-0.39, 0.29) is 11.8 Å². The van der Waals surface area contributed by atoms with Crippen molar-refractivity contribution in [3.63, 3.8) is 0 Å². The highest BCUT2D eigenvalue weighted by Gasteiger charge is 2.35. The third-order valence-electron chi connectivity index (χ3n) is 3.78. The van der Waals surface area contributed by atoms with Gasteiger partial charge in [-0.1, -0.05) is 19.4 Å². The molecule has 0 saturated heterocycles. The molecule has 6 nitrogen and oxygen atoms in total. The number of aryl methyl sites for hydroxylation is 2. The first kappa shape index (κ1) is 14.1. The summed E-state index contributed by atoms with van der Waals surface area (Å²) in [5, 5.41) is 14.1. The van der Waals surface area contributed by atoms with Crippen molar-refractivity contribution in [2.24, 2.45) is 12.8 Å². The van der Waals surface area contributed by atoms with Crippen molar-refractivity contribution >= 4 is 0 Å². The Morgan fingerprint density at radius 1 is 1.50 bits per heavy atom. The number of allylic oxidation sites excluding steroid dienone is 1. The van der Waals surface area contributed by atoms with Gasteiger partial charge >= 0.3 is 0 Å². The Morgan fingerprint density at radius 2 is 2.32 bits per heavy atom. The standard InChI is InChI=1S/C16H17N5O/c1-3-5-12-14-13(10-6-4-7-19-9-10)11(8-17)15(18)22-16(14)21(2)20-12/h4,6-7,9,13H,3,5,18H2,1-2H3/t13-/m1/s1. The van der Waals surface area contributed by atoms with E-state index in [0.717, 1.165) is 29.7 Å². The van der Waals surface area contributed by atoms with Crippen LogP contribution in [-0.2, 0) is 13.5 Å². The second-order valence-electron chi connectivity index (χ2n) is 5.25. The van der Waals surface area contributed by atoms with Crippen LogP contribution < -0.4 is 10.5 Å². The number of hydrogen-bond acceptors (Lipinski definition) is 5. The molecule has 0 amide bonds. The van der Waals surface area contributed by atoms with Crippen LogP contribution in [0.5, 0.6) is 5.88 Å². The monoisotopic (exact) mass is 295 g/mol. The molecule has 1 aliphatic heterocycles. The van der Waals surface area contributed by atoms with Crippen LogP contribution in [0.3, 0.4) is 0 Å². The quantitative estimate of drug-likeness (QED) is 0.935. The fourth-order valence-corrected chi connectivity index (χ4v) is 2.86. The summed E-state index contributed by atoms with van der Waals surface area (Å²) in [5.74, 6) is 0.460. The number of nitriles is 1. The van der Waals surface area contributed by atoms with E-state index >= 15 is 0 Å². The summed E-state index contributed by atoms with van der Waals surface area (Å²) in [6.45, 7) is 2.10. The first-order valence-electron chi connectivity index (χ1n) is 7.20. The second kappa shape index (κ2) is 5.53. The Balaban J connectivity index is 2.25. The van der Waals surface area contributed by atoms with Crippen LogP contribution in [0.1, 0.15) is 36.1 Å². The smallest absolute Gasteiger partial charge is 0.224 e. The Labute approximate surface area is 128 Å². The lowest BCUT2D eigenvalue weighted by Crippen LogP contribution is -2.22. The van der Waals surface area contributed by atoms with E-state index in [1.165, 1.54) is 0 Å². The first-order valence-corrected chi connectivity index (χ1v) is 7.20. The van der Waals surface area contributed by atoms with E-state index in [9.17, 15) is 5.26 Å². The van der Waals surface area contributed by atoms with Gasteiger partial charge in [0.1, 0.15) is 11.6 Å². The summed E-state index contributed by atoms with van der Waals surface area (Å²) in [6.07, 6.45) is 5.25. The minimum absolute atomic E-state index is 0.134. The molecule has 3 rings (SSSR count). The van der Waals surface area contributed by atoms with Gasteiger partial charge in [0.05, 0.1) is 17.2 Å². The average Bonchev–Trinajstić information content (AvgIpc) is 2.83. The normalized spacial score (nSPS) is 16.9. The molecule has 1 atom stereocenters. The minimum Gasteiger partial charge on any atom is -0.422 e. The molecule has 2 N–H and O–H groups in total. The van der Waals surface area contributed by atoms with Crippen LogP contribution in [0.25, 0.3) is 0 Å². The molecule has 0 saturated carbocycles. The summed E-state index contributed by atoms with van der Waals surface area (Å²) in [4.78, 5) is 4.17. The molecule has 2 aromatic heterocycles. The molecule has 1 aliphatic rings. The molecule has 0 unspecified atom stereocenters. The van der Waals surface area contributed by atoms with Crippen molar-refractivity contribution in [2.45, 2.75) is 25.7 Å². The third-order valence-corrected chi connectivity index (χ3v) is 3.78. The van der Waals surface area contributed by atoms with Crippen molar-refractivity contribution in [2.75, 3.05) is 0 Å². The van der Waals surface area contributed by atoms with Crippen molar-refractivity contribution in [1.82, 2.24) is 14.8 Å². The Hall–Kier alpha value is -2.81. The van der Waals surface area contributed by atoms with E-state index in [0.29, 0.717) is 11.5 Å². The zero-order valence-electron chi connectivity index (χ0n) is 12.6. The summed E-state index contributed by atoms with van der Waals surface area (Å²) in [6, 6.07) is 5.98. The van der Waals surface area contributed by atoms with E-state index in [1.54, 1.807) is 17.1 Å². The number of hydrogen-bond donors (Lipinski definition) is 1. The number of nitrogens with two attached hydrogens (primary N) is 1. The fourth-order valence-electron chi connectivity index (χ4n) is 2.86. The van der Waals surface area contributed by atoms with E-state index in [1.807, 2.05) is 19.2 Å². The molecule has 0 radical (unpaired) electrons. The van der Waals surface area contributed by atoms with Gasteiger partial charge in [-0.2, -0.15) is 10.4 Å². The number of ether oxygens (including phenoxy) is 1. The molecule has 0 aromatic carbocycles. The highest BCUT2D eigenvalue weighted by atomic mass is 16.5. The molecule has 0 fully saturated rings. The summed E-state index contributed by atoms with van der Waals surface area (Å²) in [7, 11) is 1.82. The van der Waals surface area contributed by atoms with Crippen LogP contribution in [-0.4, -0.2) is 14.8 Å².